The average molecular weight is 291 g/mol. The summed E-state index contributed by atoms with van der Waals surface area (Å²) in [6.45, 7) is -0.122. The topological polar surface area (TPSA) is 145 Å². The first kappa shape index (κ1) is 14.5. The molecule has 0 aromatic heterocycles. The van der Waals surface area contributed by atoms with Crippen molar-refractivity contribution in [2.45, 2.75) is 24.7 Å². The highest BCUT2D eigenvalue weighted by atomic mass is 17.0. The number of carboxylic acid groups (broad SMARTS) is 2. The smallest absolute Gasteiger partial charge is 0.307 e. The summed E-state index contributed by atoms with van der Waals surface area (Å²) in [5.74, 6) is -4.34. The molecule has 2 N–H and O–H groups in total. The number of rotatable bonds is 6. The number of fused-ring (bicyclic) bond motifs is 1. The number of hydrogen-bond acceptors (Lipinski definition) is 7. The second-order valence-electron chi connectivity index (χ2n) is 4.67. The fourth-order valence-corrected chi connectivity index (χ4v) is 2.65. The average Bonchev–Trinajstić information content (AvgIpc) is 2.88. The van der Waals surface area contributed by atoms with Gasteiger partial charge in [-0.3, -0.25) is 9.59 Å². The fourth-order valence-electron chi connectivity index (χ4n) is 2.65. The monoisotopic (exact) mass is 291 g/mol. The van der Waals surface area contributed by atoms with Gasteiger partial charge in [0.25, 0.3) is 5.09 Å². The van der Waals surface area contributed by atoms with Gasteiger partial charge >= 0.3 is 11.9 Å². The van der Waals surface area contributed by atoms with E-state index in [1.807, 2.05) is 0 Å². The molecule has 0 aromatic rings. The molecule has 0 aromatic carbocycles. The fraction of sp³-hybridized carbons (Fsp3) is 0.800. The molecule has 0 amide bonds. The van der Waals surface area contributed by atoms with Crippen molar-refractivity contribution in [3.63, 3.8) is 0 Å². The summed E-state index contributed by atoms with van der Waals surface area (Å²) in [6, 6.07) is 0. The number of ether oxygens (including phenoxy) is 2. The van der Waals surface area contributed by atoms with E-state index in [2.05, 4.69) is 4.84 Å². The second-order valence-corrected chi connectivity index (χ2v) is 4.67. The van der Waals surface area contributed by atoms with Gasteiger partial charge in [0.1, 0.15) is 6.10 Å². The molecule has 0 bridgehead atoms. The van der Waals surface area contributed by atoms with Crippen LogP contribution < -0.4 is 0 Å². The number of aliphatic carboxylic acids is 2. The van der Waals surface area contributed by atoms with E-state index in [9.17, 15) is 19.7 Å². The van der Waals surface area contributed by atoms with Crippen LogP contribution in [0, 0.1) is 22.0 Å². The maximum atomic E-state index is 11.2. The van der Waals surface area contributed by atoms with E-state index in [0.29, 0.717) is 0 Å². The van der Waals surface area contributed by atoms with Gasteiger partial charge in [0.15, 0.2) is 6.10 Å². The van der Waals surface area contributed by atoms with E-state index in [1.165, 1.54) is 0 Å². The maximum Gasteiger partial charge on any atom is 0.307 e. The Kier molecular flexibility index (Phi) is 4.04. The molecular formula is C10H13NO9. The molecule has 10 heteroatoms. The molecule has 0 radical (unpaired) electrons. The van der Waals surface area contributed by atoms with Crippen LogP contribution in [0.2, 0.25) is 0 Å². The predicted octanol–water partition coefficient (Wildman–Crippen LogP) is -0.847. The normalized spacial score (nSPS) is 33.4. The van der Waals surface area contributed by atoms with Crippen LogP contribution in [-0.4, -0.2) is 58.8 Å². The van der Waals surface area contributed by atoms with Gasteiger partial charge in [-0.25, -0.2) is 0 Å². The molecule has 0 aliphatic carbocycles. The van der Waals surface area contributed by atoms with E-state index in [4.69, 9.17) is 19.7 Å². The van der Waals surface area contributed by atoms with E-state index in [0.717, 1.165) is 0 Å². The third kappa shape index (κ3) is 2.80. The van der Waals surface area contributed by atoms with Crippen molar-refractivity contribution in [3.8, 4) is 0 Å². The lowest BCUT2D eigenvalue weighted by molar-refractivity contribution is -0.769. The highest BCUT2D eigenvalue weighted by Crippen LogP contribution is 2.37. The standard InChI is InChI=1S/C10H13NO9/c12-7(13)1-4(10(14)15)5-2-18-9-6(20-11(16)17)3-19-8(5)9/h4-6,8-9H,1-3H2,(H,12,13)(H,14,15)/t4-,5?,6-,8+,9+/m0/s1. The van der Waals surface area contributed by atoms with Crippen LogP contribution in [0.25, 0.3) is 0 Å². The van der Waals surface area contributed by atoms with Gasteiger partial charge in [0.05, 0.1) is 31.7 Å². The highest BCUT2D eigenvalue weighted by Gasteiger charge is 2.53. The summed E-state index contributed by atoms with van der Waals surface area (Å²) in [4.78, 5) is 36.6. The van der Waals surface area contributed by atoms with Crippen LogP contribution in [-0.2, 0) is 23.9 Å². The SMILES string of the molecule is O=C(O)C[C@H](C(=O)O)C1CO[C@@H]2[C@@H](O[N+](=O)[O-])CO[C@H]12. The van der Waals surface area contributed by atoms with E-state index >= 15 is 0 Å². The molecule has 2 aliphatic rings. The zero-order valence-electron chi connectivity index (χ0n) is 10.2. The van der Waals surface area contributed by atoms with E-state index in [1.54, 1.807) is 0 Å². The molecule has 1 unspecified atom stereocenters. The Balaban J connectivity index is 2.07. The lowest BCUT2D eigenvalue weighted by atomic mass is 9.85. The molecule has 0 spiro atoms. The Hall–Kier alpha value is -1.94. The van der Waals surface area contributed by atoms with Crippen LogP contribution in [0.1, 0.15) is 6.42 Å². The minimum atomic E-state index is -1.26. The first-order chi connectivity index (χ1) is 9.40. The first-order valence-corrected chi connectivity index (χ1v) is 5.89. The summed E-state index contributed by atoms with van der Waals surface area (Å²) in [7, 11) is 0. The zero-order chi connectivity index (χ0) is 14.9. The number of nitrogens with zero attached hydrogens (tertiary/aromatic N) is 1. The number of hydrogen-bond donors (Lipinski definition) is 2. The molecule has 2 rings (SSSR count). The molecule has 2 heterocycles. The predicted molar refractivity (Wildman–Crippen MR) is 58.2 cm³/mol. The molecule has 112 valence electrons. The lowest BCUT2D eigenvalue weighted by Gasteiger charge is -2.21. The molecule has 10 nitrogen and oxygen atoms in total. The molecular weight excluding hydrogens is 278 g/mol. The van der Waals surface area contributed by atoms with Gasteiger partial charge in [-0.1, -0.05) is 0 Å². The van der Waals surface area contributed by atoms with Crippen LogP contribution in [0.4, 0.5) is 0 Å². The Labute approximate surface area is 112 Å². The summed E-state index contributed by atoms with van der Waals surface area (Å²) in [5, 5.41) is 27.2. The Morgan fingerprint density at radius 2 is 1.95 bits per heavy atom. The van der Waals surface area contributed by atoms with Crippen molar-refractivity contribution in [2.75, 3.05) is 13.2 Å². The summed E-state index contributed by atoms with van der Waals surface area (Å²) in [6.07, 6.45) is -2.93. The quantitative estimate of drug-likeness (QED) is 0.472. The minimum Gasteiger partial charge on any atom is -0.481 e. The van der Waals surface area contributed by atoms with Gasteiger partial charge in [0.2, 0.25) is 0 Å². The third-order valence-electron chi connectivity index (χ3n) is 3.50. The molecule has 5 atom stereocenters. The van der Waals surface area contributed by atoms with Gasteiger partial charge in [-0.2, -0.15) is 0 Å². The molecule has 2 aliphatic heterocycles. The van der Waals surface area contributed by atoms with Crippen LogP contribution in [0.5, 0.6) is 0 Å². The van der Waals surface area contributed by atoms with Crippen LogP contribution >= 0.6 is 0 Å². The zero-order valence-corrected chi connectivity index (χ0v) is 10.2. The summed E-state index contributed by atoms with van der Waals surface area (Å²) in [5.41, 5.74) is 0. The Bertz CT molecular complexity index is 425. The lowest BCUT2D eigenvalue weighted by Crippen LogP contribution is -2.37. The van der Waals surface area contributed by atoms with Crippen molar-refractivity contribution in [3.05, 3.63) is 10.1 Å². The Morgan fingerprint density at radius 1 is 1.30 bits per heavy atom. The van der Waals surface area contributed by atoms with Gasteiger partial charge < -0.3 is 24.5 Å². The largest absolute Gasteiger partial charge is 0.481 e. The molecule has 2 saturated heterocycles. The highest BCUT2D eigenvalue weighted by molar-refractivity contribution is 5.78. The van der Waals surface area contributed by atoms with Gasteiger partial charge in [-0.05, 0) is 0 Å². The second kappa shape index (κ2) is 5.59. The molecule has 2 fully saturated rings. The first-order valence-electron chi connectivity index (χ1n) is 5.89. The Morgan fingerprint density at radius 3 is 2.50 bits per heavy atom. The van der Waals surface area contributed by atoms with Gasteiger partial charge in [0, 0.05) is 5.92 Å². The van der Waals surface area contributed by atoms with Crippen molar-refractivity contribution in [1.29, 1.82) is 0 Å². The van der Waals surface area contributed by atoms with E-state index in [-0.39, 0.29) is 13.2 Å². The molecule has 20 heavy (non-hydrogen) atoms. The summed E-state index contributed by atoms with van der Waals surface area (Å²) < 4.78 is 10.6. The number of carboxylic acids is 2. The van der Waals surface area contributed by atoms with Crippen LogP contribution in [0.3, 0.4) is 0 Å². The number of carbonyl (C=O) groups is 2. The van der Waals surface area contributed by atoms with E-state index < -0.39 is 53.6 Å². The van der Waals surface area contributed by atoms with Gasteiger partial charge in [-0.15, -0.1) is 10.1 Å². The molecule has 0 saturated carbocycles. The van der Waals surface area contributed by atoms with Crippen molar-refractivity contribution in [1.82, 2.24) is 0 Å². The van der Waals surface area contributed by atoms with Crippen molar-refractivity contribution >= 4 is 11.9 Å². The van der Waals surface area contributed by atoms with Crippen molar-refractivity contribution in [2.24, 2.45) is 11.8 Å². The minimum absolute atomic E-state index is 0.0306. The maximum absolute atomic E-state index is 11.2. The third-order valence-corrected chi connectivity index (χ3v) is 3.50. The van der Waals surface area contributed by atoms with Crippen molar-refractivity contribution < 1.29 is 39.2 Å². The van der Waals surface area contributed by atoms with Crippen LogP contribution in [0.15, 0.2) is 0 Å². The summed E-state index contributed by atoms with van der Waals surface area (Å²) >= 11 is 0.